The van der Waals surface area contributed by atoms with Crippen LogP contribution in [0.1, 0.15) is 93.1 Å². The van der Waals surface area contributed by atoms with E-state index in [-0.39, 0.29) is 61.2 Å². The van der Waals surface area contributed by atoms with Gasteiger partial charge in [-0.2, -0.15) is 0 Å². The van der Waals surface area contributed by atoms with Crippen molar-refractivity contribution in [2.75, 3.05) is 34.2 Å². The molecule has 334 valence electrons. The molecule has 19 heteroatoms. The standard InChI is InChI=1S/C41H64N8O11/c1-23(2)32(21-33(50)42-22-27-16-17-28(48(56)57)20-31(27)49(58)59)60-41(55)30-15-13-19-47(30)38(52)29-14-12-18-46(29)40(54)36(26(7)8)45(11)39(53)34(24(3)4)43-37(51)35(25(5)6)44(9)10/h16-17,20,23-26,29-30,32,34-36H,12-15,18-19,21-22H2,1-11H3,(H,42,50)(H,43,51). The predicted octanol–water partition coefficient (Wildman–Crippen LogP) is 3.27. The lowest BCUT2D eigenvalue weighted by atomic mass is 9.96. The highest BCUT2D eigenvalue weighted by Crippen LogP contribution is 2.29. The van der Waals surface area contributed by atoms with E-state index in [9.17, 15) is 49.0 Å². The second-order valence-corrected chi connectivity index (χ2v) is 17.4. The van der Waals surface area contributed by atoms with Crippen molar-refractivity contribution < 1.29 is 43.4 Å². The molecule has 2 N–H and O–H groups in total. The van der Waals surface area contributed by atoms with Crippen LogP contribution in [0.25, 0.3) is 0 Å². The number of hydrogen-bond acceptors (Lipinski definition) is 12. The SMILES string of the molecule is CC(C)C(CC(=O)NCc1ccc([N+](=O)[O-])cc1[N+](=O)[O-])OC(=O)C1CCCN1C(=O)C1CCCN1C(=O)C(C(C)C)N(C)C(=O)C(NC(=O)C(C(C)C)N(C)C)C(C)C. The fourth-order valence-corrected chi connectivity index (χ4v) is 8.14. The van der Waals surface area contributed by atoms with Crippen LogP contribution in [0.3, 0.4) is 0 Å². The Morgan fingerprint density at radius 1 is 0.800 bits per heavy atom. The van der Waals surface area contributed by atoms with Gasteiger partial charge in [0.1, 0.15) is 30.3 Å². The molecule has 0 aliphatic carbocycles. The van der Waals surface area contributed by atoms with E-state index in [0.29, 0.717) is 25.7 Å². The zero-order valence-corrected chi connectivity index (χ0v) is 36.8. The van der Waals surface area contributed by atoms with Gasteiger partial charge in [-0.1, -0.05) is 55.4 Å². The van der Waals surface area contributed by atoms with Gasteiger partial charge in [0.05, 0.1) is 28.4 Å². The minimum atomic E-state index is -0.959. The number of benzene rings is 1. The lowest BCUT2D eigenvalue weighted by Gasteiger charge is -2.38. The van der Waals surface area contributed by atoms with Crippen molar-refractivity contribution in [3.8, 4) is 0 Å². The first-order valence-corrected chi connectivity index (χ1v) is 20.7. The molecule has 6 atom stereocenters. The van der Waals surface area contributed by atoms with Crippen LogP contribution in [0.2, 0.25) is 0 Å². The second kappa shape index (κ2) is 21.4. The summed E-state index contributed by atoms with van der Waals surface area (Å²) in [6.45, 7) is 14.9. The minimum absolute atomic E-state index is 0.0202. The number of nitro groups is 2. The van der Waals surface area contributed by atoms with Gasteiger partial charge in [0.2, 0.25) is 29.5 Å². The molecule has 0 spiro atoms. The fourth-order valence-electron chi connectivity index (χ4n) is 8.14. The fraction of sp³-hybridized carbons (Fsp3) is 0.707. The highest BCUT2D eigenvalue weighted by Gasteiger charge is 2.46. The number of likely N-dealkylation sites (N-methyl/N-ethyl adjacent to an activating group) is 2. The summed E-state index contributed by atoms with van der Waals surface area (Å²) in [5.74, 6) is -3.78. The Bertz CT molecular complexity index is 1760. The summed E-state index contributed by atoms with van der Waals surface area (Å²) in [5, 5.41) is 28.1. The topological polar surface area (TPSA) is 235 Å². The van der Waals surface area contributed by atoms with Gasteiger partial charge in [0, 0.05) is 38.3 Å². The molecule has 2 fully saturated rings. The normalized spacial score (nSPS) is 18.7. The summed E-state index contributed by atoms with van der Waals surface area (Å²) < 4.78 is 5.84. The Morgan fingerprint density at radius 2 is 1.38 bits per heavy atom. The number of nitrogens with zero attached hydrogens (tertiary/aromatic N) is 6. The van der Waals surface area contributed by atoms with Crippen LogP contribution in [0.15, 0.2) is 18.2 Å². The van der Waals surface area contributed by atoms with E-state index in [1.54, 1.807) is 39.9 Å². The number of ether oxygens (including phenoxy) is 1. The molecular weight excluding hydrogens is 780 g/mol. The molecule has 0 aromatic heterocycles. The lowest BCUT2D eigenvalue weighted by Crippen LogP contribution is -2.61. The summed E-state index contributed by atoms with van der Waals surface area (Å²) in [4.78, 5) is 110. The molecule has 2 heterocycles. The Hall–Kier alpha value is -5.20. The van der Waals surface area contributed by atoms with Crippen molar-refractivity contribution >= 4 is 46.9 Å². The monoisotopic (exact) mass is 844 g/mol. The molecule has 60 heavy (non-hydrogen) atoms. The summed E-state index contributed by atoms with van der Waals surface area (Å²) in [6.07, 6.45) is 0.517. The van der Waals surface area contributed by atoms with Gasteiger partial charge in [0.15, 0.2) is 0 Å². The van der Waals surface area contributed by atoms with Gasteiger partial charge in [-0.3, -0.25) is 49.1 Å². The predicted molar refractivity (Wildman–Crippen MR) is 221 cm³/mol. The minimum Gasteiger partial charge on any atom is -0.460 e. The average molecular weight is 845 g/mol. The molecule has 5 amide bonds. The third-order valence-electron chi connectivity index (χ3n) is 11.3. The molecular formula is C41H64N8O11. The van der Waals surface area contributed by atoms with Gasteiger partial charge in [-0.05, 0) is 69.5 Å². The van der Waals surface area contributed by atoms with E-state index in [1.165, 1.54) is 20.8 Å². The van der Waals surface area contributed by atoms with E-state index < -0.39 is 87.1 Å². The van der Waals surface area contributed by atoms with E-state index >= 15 is 0 Å². The van der Waals surface area contributed by atoms with E-state index in [4.69, 9.17) is 4.74 Å². The van der Waals surface area contributed by atoms with E-state index in [2.05, 4.69) is 10.6 Å². The van der Waals surface area contributed by atoms with Crippen molar-refractivity contribution in [1.29, 1.82) is 0 Å². The number of nitro benzene ring substituents is 2. The summed E-state index contributed by atoms with van der Waals surface area (Å²) in [6, 6.07) is -1.03. The third kappa shape index (κ3) is 12.0. The Kier molecular flexibility index (Phi) is 17.5. The van der Waals surface area contributed by atoms with Crippen molar-refractivity contribution in [2.24, 2.45) is 23.7 Å². The second-order valence-electron chi connectivity index (χ2n) is 17.4. The highest BCUT2D eigenvalue weighted by atomic mass is 16.6. The van der Waals surface area contributed by atoms with Crippen LogP contribution in [0.4, 0.5) is 11.4 Å². The average Bonchev–Trinajstić information content (AvgIpc) is 3.86. The van der Waals surface area contributed by atoms with Crippen LogP contribution < -0.4 is 10.6 Å². The number of esters is 1. The molecule has 2 aliphatic heterocycles. The molecule has 0 saturated carbocycles. The van der Waals surface area contributed by atoms with Gasteiger partial charge < -0.3 is 30.1 Å². The first-order valence-electron chi connectivity index (χ1n) is 20.7. The zero-order chi connectivity index (χ0) is 45.3. The quantitative estimate of drug-likeness (QED) is 0.116. The molecule has 3 rings (SSSR count). The van der Waals surface area contributed by atoms with Crippen molar-refractivity contribution in [3.05, 3.63) is 44.0 Å². The van der Waals surface area contributed by atoms with Gasteiger partial charge in [-0.15, -0.1) is 0 Å². The van der Waals surface area contributed by atoms with Crippen LogP contribution in [-0.2, 0) is 40.0 Å². The number of carbonyl (C=O) groups excluding carboxylic acids is 6. The first-order chi connectivity index (χ1) is 28.0. The molecule has 6 unspecified atom stereocenters. The summed E-state index contributed by atoms with van der Waals surface area (Å²) in [5.41, 5.74) is -0.933. The Morgan fingerprint density at radius 3 is 1.90 bits per heavy atom. The molecule has 0 bridgehead atoms. The largest absolute Gasteiger partial charge is 0.460 e. The van der Waals surface area contributed by atoms with Gasteiger partial charge >= 0.3 is 5.97 Å². The molecule has 2 aliphatic rings. The van der Waals surface area contributed by atoms with E-state index in [1.807, 2.05) is 41.5 Å². The molecule has 0 radical (unpaired) electrons. The van der Waals surface area contributed by atoms with Crippen LogP contribution in [0, 0.1) is 43.9 Å². The number of likely N-dealkylation sites (tertiary alicyclic amines) is 2. The number of carbonyl (C=O) groups is 6. The maximum atomic E-state index is 14.4. The molecule has 1 aromatic rings. The van der Waals surface area contributed by atoms with Crippen LogP contribution in [0.5, 0.6) is 0 Å². The number of amides is 5. The number of nitrogens with one attached hydrogen (secondary N) is 2. The third-order valence-corrected chi connectivity index (χ3v) is 11.3. The van der Waals surface area contributed by atoms with Gasteiger partial charge in [0.25, 0.3) is 11.4 Å². The van der Waals surface area contributed by atoms with Crippen LogP contribution >= 0.6 is 0 Å². The van der Waals surface area contributed by atoms with Crippen molar-refractivity contribution in [2.45, 2.75) is 130 Å². The van der Waals surface area contributed by atoms with Crippen LogP contribution in [-0.4, -0.2) is 135 Å². The first kappa shape index (κ1) is 49.2. The van der Waals surface area contributed by atoms with E-state index in [0.717, 1.165) is 12.1 Å². The zero-order valence-electron chi connectivity index (χ0n) is 36.8. The maximum absolute atomic E-state index is 14.4. The lowest BCUT2D eigenvalue weighted by molar-refractivity contribution is -0.394. The molecule has 1 aromatic carbocycles. The summed E-state index contributed by atoms with van der Waals surface area (Å²) >= 11 is 0. The molecule has 19 nitrogen and oxygen atoms in total. The van der Waals surface area contributed by atoms with Gasteiger partial charge in [-0.25, -0.2) is 4.79 Å². The summed E-state index contributed by atoms with van der Waals surface area (Å²) in [7, 11) is 5.15. The molecule has 2 saturated heterocycles. The van der Waals surface area contributed by atoms with Crippen molar-refractivity contribution in [1.82, 2.24) is 30.2 Å². The maximum Gasteiger partial charge on any atom is 0.329 e. The number of rotatable bonds is 19. The van der Waals surface area contributed by atoms with Crippen molar-refractivity contribution in [3.63, 3.8) is 0 Å². The number of hydrogen-bond donors (Lipinski definition) is 2. The Balaban J connectivity index is 1.73. The number of non-ortho nitro benzene ring substituents is 1. The Labute approximate surface area is 352 Å². The highest BCUT2D eigenvalue weighted by molar-refractivity contribution is 5.96. The smallest absolute Gasteiger partial charge is 0.329 e.